The Morgan fingerprint density at radius 1 is 1.43 bits per heavy atom. The molecule has 0 aliphatic rings. The first kappa shape index (κ1) is 12.7. The molecule has 0 saturated carbocycles. The van der Waals surface area contributed by atoms with Crippen LogP contribution in [0.15, 0.2) is 0 Å². The van der Waals surface area contributed by atoms with Crippen LogP contribution >= 0.6 is 0 Å². The molecule has 0 aromatic heterocycles. The molecule has 2 amide bonds. The minimum absolute atomic E-state index is 0.0868. The molecule has 5 nitrogen and oxygen atoms in total. The van der Waals surface area contributed by atoms with Crippen LogP contribution in [0.4, 0.5) is 4.79 Å². The van der Waals surface area contributed by atoms with E-state index in [1.807, 2.05) is 6.92 Å². The summed E-state index contributed by atoms with van der Waals surface area (Å²) < 4.78 is 0. The Hall–Kier alpha value is -1.26. The van der Waals surface area contributed by atoms with E-state index in [4.69, 9.17) is 5.11 Å². The Morgan fingerprint density at radius 3 is 2.57 bits per heavy atom. The van der Waals surface area contributed by atoms with Crippen LogP contribution in [0.5, 0.6) is 0 Å². The third-order valence-corrected chi connectivity index (χ3v) is 1.77. The highest BCUT2D eigenvalue weighted by atomic mass is 16.4. The fraction of sp³-hybridized carbons (Fsp3) is 0.778. The summed E-state index contributed by atoms with van der Waals surface area (Å²) in [4.78, 5) is 21.2. The number of carbonyl (C=O) groups is 2. The van der Waals surface area contributed by atoms with Gasteiger partial charge in [-0.25, -0.2) is 4.79 Å². The van der Waals surface area contributed by atoms with Crippen molar-refractivity contribution < 1.29 is 14.7 Å². The van der Waals surface area contributed by atoms with Crippen LogP contribution in [0.2, 0.25) is 0 Å². The molecule has 5 heteroatoms. The Labute approximate surface area is 83.9 Å². The highest BCUT2D eigenvalue weighted by Gasteiger charge is 2.06. The Morgan fingerprint density at radius 2 is 2.07 bits per heavy atom. The van der Waals surface area contributed by atoms with Gasteiger partial charge in [0, 0.05) is 6.04 Å². The lowest BCUT2D eigenvalue weighted by molar-refractivity contribution is -0.135. The highest BCUT2D eigenvalue weighted by Crippen LogP contribution is 1.98. The molecule has 0 aromatic carbocycles. The lowest BCUT2D eigenvalue weighted by atomic mass is 10.1. The number of nitrogens with one attached hydrogen (secondary N) is 2. The molecule has 1 atom stereocenters. The lowest BCUT2D eigenvalue weighted by Gasteiger charge is -2.13. The van der Waals surface area contributed by atoms with Gasteiger partial charge in [-0.15, -0.1) is 0 Å². The molecule has 0 fully saturated rings. The largest absolute Gasteiger partial charge is 0.480 e. The van der Waals surface area contributed by atoms with Crippen LogP contribution < -0.4 is 10.6 Å². The first-order valence-electron chi connectivity index (χ1n) is 4.82. The summed E-state index contributed by atoms with van der Waals surface area (Å²) in [6, 6.07) is -0.334. The quantitative estimate of drug-likeness (QED) is 0.600. The van der Waals surface area contributed by atoms with Crippen molar-refractivity contribution in [3.05, 3.63) is 0 Å². The minimum Gasteiger partial charge on any atom is -0.480 e. The predicted octanol–water partition coefficient (Wildman–Crippen LogP) is 0.949. The van der Waals surface area contributed by atoms with Crippen molar-refractivity contribution in [1.29, 1.82) is 0 Å². The Bertz CT molecular complexity index is 194. The number of carboxylic acids is 1. The average Bonchev–Trinajstić information content (AvgIpc) is 2.11. The van der Waals surface area contributed by atoms with Crippen LogP contribution in [0.1, 0.15) is 33.1 Å². The molecule has 0 heterocycles. The van der Waals surface area contributed by atoms with E-state index in [2.05, 4.69) is 17.6 Å². The second-order valence-corrected chi connectivity index (χ2v) is 3.26. The summed E-state index contributed by atoms with van der Waals surface area (Å²) in [5.74, 6) is -1.04. The maximum Gasteiger partial charge on any atom is 0.323 e. The van der Waals surface area contributed by atoms with Crippen LogP contribution in [-0.4, -0.2) is 29.7 Å². The number of unbranched alkanes of at least 4 members (excludes halogenated alkanes) is 1. The number of carboxylic acid groups (broad SMARTS) is 1. The normalized spacial score (nSPS) is 11.9. The highest BCUT2D eigenvalue weighted by molar-refractivity contribution is 5.79. The van der Waals surface area contributed by atoms with Gasteiger partial charge in [-0.3, -0.25) is 4.79 Å². The van der Waals surface area contributed by atoms with Gasteiger partial charge in [0.25, 0.3) is 0 Å². The molecule has 0 saturated heterocycles. The number of aliphatic carboxylic acids is 1. The minimum atomic E-state index is -1.04. The fourth-order valence-electron chi connectivity index (χ4n) is 1.01. The van der Waals surface area contributed by atoms with Gasteiger partial charge in [0.15, 0.2) is 0 Å². The molecule has 82 valence electrons. The number of rotatable bonds is 6. The van der Waals surface area contributed by atoms with E-state index >= 15 is 0 Å². The number of carbonyl (C=O) groups excluding carboxylic acids is 1. The number of urea groups is 1. The van der Waals surface area contributed by atoms with Gasteiger partial charge in [-0.2, -0.15) is 0 Å². The molecule has 3 N–H and O–H groups in total. The van der Waals surface area contributed by atoms with Crippen molar-refractivity contribution in [2.24, 2.45) is 0 Å². The van der Waals surface area contributed by atoms with E-state index < -0.39 is 12.0 Å². The Balaban J connectivity index is 3.55. The summed E-state index contributed by atoms with van der Waals surface area (Å²) in [7, 11) is 0. The van der Waals surface area contributed by atoms with Crippen molar-refractivity contribution in [3.8, 4) is 0 Å². The number of hydrogen-bond donors (Lipinski definition) is 3. The molecular formula is C9H18N2O3. The zero-order valence-corrected chi connectivity index (χ0v) is 8.67. The Kier molecular flexibility index (Phi) is 6.53. The van der Waals surface area contributed by atoms with Crippen molar-refractivity contribution in [1.82, 2.24) is 10.6 Å². The zero-order valence-electron chi connectivity index (χ0n) is 8.67. The SMILES string of the molecule is CCCCC(C)NC(=O)NCC(=O)O. The van der Waals surface area contributed by atoms with Crippen molar-refractivity contribution in [2.45, 2.75) is 39.2 Å². The molecule has 0 radical (unpaired) electrons. The predicted molar refractivity (Wildman–Crippen MR) is 53.2 cm³/mol. The molecule has 0 aliphatic carbocycles. The second-order valence-electron chi connectivity index (χ2n) is 3.26. The van der Waals surface area contributed by atoms with E-state index in [1.165, 1.54) is 0 Å². The van der Waals surface area contributed by atoms with Crippen LogP contribution in [0, 0.1) is 0 Å². The average molecular weight is 202 g/mol. The molecular weight excluding hydrogens is 184 g/mol. The van der Waals surface area contributed by atoms with Crippen LogP contribution in [0.3, 0.4) is 0 Å². The maximum atomic E-state index is 11.0. The molecule has 0 aromatic rings. The van der Waals surface area contributed by atoms with Gasteiger partial charge >= 0.3 is 12.0 Å². The summed E-state index contributed by atoms with van der Waals surface area (Å²) in [6.45, 7) is 3.64. The molecule has 0 spiro atoms. The van der Waals surface area contributed by atoms with Gasteiger partial charge in [-0.1, -0.05) is 19.8 Å². The molecule has 0 bridgehead atoms. The van der Waals surface area contributed by atoms with E-state index in [9.17, 15) is 9.59 Å². The van der Waals surface area contributed by atoms with Gasteiger partial charge < -0.3 is 15.7 Å². The molecule has 14 heavy (non-hydrogen) atoms. The van der Waals surface area contributed by atoms with Crippen molar-refractivity contribution >= 4 is 12.0 Å². The third kappa shape index (κ3) is 7.39. The first-order valence-corrected chi connectivity index (χ1v) is 4.82. The fourth-order valence-corrected chi connectivity index (χ4v) is 1.01. The monoisotopic (exact) mass is 202 g/mol. The zero-order chi connectivity index (χ0) is 11.0. The van der Waals surface area contributed by atoms with Gasteiger partial charge in [0.2, 0.25) is 0 Å². The van der Waals surface area contributed by atoms with E-state index in [0.29, 0.717) is 0 Å². The van der Waals surface area contributed by atoms with Crippen LogP contribution in [0.25, 0.3) is 0 Å². The van der Waals surface area contributed by atoms with Crippen molar-refractivity contribution in [3.63, 3.8) is 0 Å². The van der Waals surface area contributed by atoms with E-state index in [-0.39, 0.29) is 12.6 Å². The summed E-state index contributed by atoms with van der Waals surface area (Å²) in [6.07, 6.45) is 3.06. The van der Waals surface area contributed by atoms with Crippen LogP contribution in [-0.2, 0) is 4.79 Å². The molecule has 0 aliphatic heterocycles. The van der Waals surface area contributed by atoms with E-state index in [0.717, 1.165) is 19.3 Å². The molecule has 1 unspecified atom stereocenters. The van der Waals surface area contributed by atoms with Gasteiger partial charge in [0.05, 0.1) is 0 Å². The standard InChI is InChI=1S/C9H18N2O3/c1-3-4-5-7(2)11-9(14)10-6-8(12)13/h7H,3-6H2,1-2H3,(H,12,13)(H2,10,11,14). The third-order valence-electron chi connectivity index (χ3n) is 1.77. The van der Waals surface area contributed by atoms with Gasteiger partial charge in [-0.05, 0) is 13.3 Å². The summed E-state index contributed by atoms with van der Waals surface area (Å²) in [5, 5.41) is 13.2. The summed E-state index contributed by atoms with van der Waals surface area (Å²) >= 11 is 0. The summed E-state index contributed by atoms with van der Waals surface area (Å²) in [5.41, 5.74) is 0. The second kappa shape index (κ2) is 7.17. The smallest absolute Gasteiger partial charge is 0.323 e. The number of hydrogen-bond acceptors (Lipinski definition) is 2. The van der Waals surface area contributed by atoms with E-state index in [1.54, 1.807) is 0 Å². The topological polar surface area (TPSA) is 78.4 Å². The number of amides is 2. The van der Waals surface area contributed by atoms with Gasteiger partial charge in [0.1, 0.15) is 6.54 Å². The lowest BCUT2D eigenvalue weighted by Crippen LogP contribution is -2.42. The molecule has 0 rings (SSSR count). The first-order chi connectivity index (χ1) is 6.56. The van der Waals surface area contributed by atoms with Crippen molar-refractivity contribution in [2.75, 3.05) is 6.54 Å². The maximum absolute atomic E-state index is 11.0.